The van der Waals surface area contributed by atoms with Gasteiger partial charge in [-0.05, 0) is 37.5 Å². The summed E-state index contributed by atoms with van der Waals surface area (Å²) in [5.41, 5.74) is 9.03. The van der Waals surface area contributed by atoms with Gasteiger partial charge >= 0.3 is 0 Å². The molecule has 0 saturated heterocycles. The highest BCUT2D eigenvalue weighted by Gasteiger charge is 2.05. The average Bonchev–Trinajstić information content (AvgIpc) is 2.26. The van der Waals surface area contributed by atoms with Gasteiger partial charge in [-0.25, -0.2) is 0 Å². The molecular weight excluding hydrogens is 198 g/mol. The summed E-state index contributed by atoms with van der Waals surface area (Å²) >= 11 is 0. The van der Waals surface area contributed by atoms with Crippen LogP contribution in [0.4, 0.5) is 0 Å². The van der Waals surface area contributed by atoms with Gasteiger partial charge < -0.3 is 10.5 Å². The van der Waals surface area contributed by atoms with Crippen molar-refractivity contribution in [1.82, 2.24) is 0 Å². The Balaban J connectivity index is 3.15. The average molecular weight is 217 g/mol. The van der Waals surface area contributed by atoms with Crippen molar-refractivity contribution < 1.29 is 4.74 Å². The molecule has 1 aromatic rings. The summed E-state index contributed by atoms with van der Waals surface area (Å²) in [6.07, 6.45) is 0.861. The molecule has 0 aliphatic heterocycles. The van der Waals surface area contributed by atoms with E-state index >= 15 is 0 Å². The molecule has 0 bridgehead atoms. The van der Waals surface area contributed by atoms with Crippen LogP contribution in [0, 0.1) is 25.7 Å². The highest BCUT2D eigenvalue weighted by atomic mass is 16.5. The van der Waals surface area contributed by atoms with Crippen LogP contribution in [0.1, 0.15) is 30.0 Å². The van der Waals surface area contributed by atoms with Crippen molar-refractivity contribution in [3.8, 4) is 17.6 Å². The zero-order valence-electron chi connectivity index (χ0n) is 10.4. The lowest BCUT2D eigenvalue weighted by Crippen LogP contribution is -2.15. The Morgan fingerprint density at radius 2 is 2.06 bits per heavy atom. The third-order valence-corrected chi connectivity index (χ3v) is 2.49. The van der Waals surface area contributed by atoms with Crippen LogP contribution in [-0.2, 0) is 0 Å². The first-order valence-electron chi connectivity index (χ1n) is 5.50. The fraction of sp³-hybridized carbons (Fsp3) is 0.429. The maximum absolute atomic E-state index is 5.78. The Morgan fingerprint density at radius 1 is 1.38 bits per heavy atom. The Morgan fingerprint density at radius 3 is 2.62 bits per heavy atom. The molecule has 1 unspecified atom stereocenters. The van der Waals surface area contributed by atoms with Gasteiger partial charge in [-0.2, -0.15) is 0 Å². The molecule has 0 aliphatic rings. The summed E-state index contributed by atoms with van der Waals surface area (Å²) in [6.45, 7) is 6.11. The number of nitrogens with two attached hydrogens (primary N) is 1. The van der Waals surface area contributed by atoms with Gasteiger partial charge in [0.25, 0.3) is 0 Å². The van der Waals surface area contributed by atoms with Gasteiger partial charge in [0, 0.05) is 0 Å². The van der Waals surface area contributed by atoms with Gasteiger partial charge in [-0.1, -0.05) is 24.8 Å². The predicted molar refractivity (Wildman–Crippen MR) is 67.6 cm³/mol. The van der Waals surface area contributed by atoms with Crippen LogP contribution in [0.25, 0.3) is 0 Å². The van der Waals surface area contributed by atoms with Gasteiger partial charge in [0.05, 0.1) is 18.7 Å². The summed E-state index contributed by atoms with van der Waals surface area (Å²) in [5, 5.41) is 0. The zero-order chi connectivity index (χ0) is 12.1. The van der Waals surface area contributed by atoms with Gasteiger partial charge in [0.15, 0.2) is 0 Å². The van der Waals surface area contributed by atoms with E-state index in [1.807, 2.05) is 26.8 Å². The standard InChI is InChI=1S/C14H19NO/c1-5-12(15)6-7-13-11(3)8-10(2)9-14(13)16-4/h8-9,12H,5,15H2,1-4H3. The van der Waals surface area contributed by atoms with E-state index in [1.54, 1.807) is 7.11 Å². The van der Waals surface area contributed by atoms with E-state index in [1.165, 1.54) is 5.56 Å². The number of rotatable bonds is 2. The molecule has 0 amide bonds. The number of hydrogen-bond acceptors (Lipinski definition) is 2. The van der Waals surface area contributed by atoms with Crippen molar-refractivity contribution in [2.75, 3.05) is 7.11 Å². The van der Waals surface area contributed by atoms with E-state index in [9.17, 15) is 0 Å². The minimum Gasteiger partial charge on any atom is -0.495 e. The minimum absolute atomic E-state index is 0.0644. The molecular formula is C14H19NO. The molecule has 0 fully saturated rings. The molecule has 0 aromatic heterocycles. The van der Waals surface area contributed by atoms with Crippen molar-refractivity contribution in [2.45, 2.75) is 33.2 Å². The molecule has 0 heterocycles. The Kier molecular flexibility index (Phi) is 4.39. The van der Waals surface area contributed by atoms with Crippen LogP contribution in [-0.4, -0.2) is 13.2 Å². The monoisotopic (exact) mass is 217 g/mol. The number of ether oxygens (including phenoxy) is 1. The van der Waals surface area contributed by atoms with Gasteiger partial charge in [-0.15, -0.1) is 0 Å². The normalized spacial score (nSPS) is 11.6. The van der Waals surface area contributed by atoms with Crippen molar-refractivity contribution >= 4 is 0 Å². The van der Waals surface area contributed by atoms with E-state index in [0.29, 0.717) is 0 Å². The molecule has 2 N–H and O–H groups in total. The molecule has 0 radical (unpaired) electrons. The second-order valence-electron chi connectivity index (χ2n) is 3.94. The Bertz CT molecular complexity index is 426. The van der Waals surface area contributed by atoms with E-state index in [0.717, 1.165) is 23.3 Å². The summed E-state index contributed by atoms with van der Waals surface area (Å²) in [7, 11) is 1.67. The molecule has 86 valence electrons. The maximum atomic E-state index is 5.78. The van der Waals surface area contributed by atoms with E-state index in [-0.39, 0.29) is 6.04 Å². The van der Waals surface area contributed by atoms with Crippen LogP contribution in [0.2, 0.25) is 0 Å². The molecule has 1 aromatic carbocycles. The summed E-state index contributed by atoms with van der Waals surface area (Å²) in [6, 6.07) is 4.03. The molecule has 0 aliphatic carbocycles. The molecule has 2 heteroatoms. The first-order valence-corrected chi connectivity index (χ1v) is 5.50. The fourth-order valence-electron chi connectivity index (χ4n) is 1.52. The quantitative estimate of drug-likeness (QED) is 0.772. The smallest absolute Gasteiger partial charge is 0.135 e. The number of aryl methyl sites for hydroxylation is 2. The minimum atomic E-state index is -0.0644. The number of methoxy groups -OCH3 is 1. The van der Waals surface area contributed by atoms with Crippen molar-refractivity contribution in [3.05, 3.63) is 28.8 Å². The highest BCUT2D eigenvalue weighted by Crippen LogP contribution is 2.22. The molecule has 1 atom stereocenters. The van der Waals surface area contributed by atoms with Crippen LogP contribution in [0.5, 0.6) is 5.75 Å². The van der Waals surface area contributed by atoms with E-state index < -0.39 is 0 Å². The van der Waals surface area contributed by atoms with E-state index in [2.05, 4.69) is 17.9 Å². The number of benzene rings is 1. The van der Waals surface area contributed by atoms with Crippen LogP contribution < -0.4 is 10.5 Å². The molecule has 2 nitrogen and oxygen atoms in total. The molecule has 16 heavy (non-hydrogen) atoms. The fourth-order valence-corrected chi connectivity index (χ4v) is 1.52. The topological polar surface area (TPSA) is 35.2 Å². The highest BCUT2D eigenvalue weighted by molar-refractivity contribution is 5.53. The summed E-state index contributed by atoms with van der Waals surface area (Å²) in [4.78, 5) is 0. The second-order valence-corrected chi connectivity index (χ2v) is 3.94. The second kappa shape index (κ2) is 5.58. The predicted octanol–water partition coefficient (Wildman–Crippen LogP) is 2.40. The SMILES string of the molecule is CCC(N)C#Cc1c(C)cc(C)cc1OC. The van der Waals surface area contributed by atoms with Crippen LogP contribution in [0.3, 0.4) is 0 Å². The molecule has 0 saturated carbocycles. The van der Waals surface area contributed by atoms with Gasteiger partial charge in [0.2, 0.25) is 0 Å². The summed E-state index contributed by atoms with van der Waals surface area (Å²) in [5.74, 6) is 6.97. The molecule has 0 spiro atoms. The number of hydrogen-bond donors (Lipinski definition) is 1. The lowest BCUT2D eigenvalue weighted by Gasteiger charge is -2.08. The van der Waals surface area contributed by atoms with Crippen molar-refractivity contribution in [2.24, 2.45) is 5.73 Å². The Labute approximate surface area is 97.8 Å². The lowest BCUT2D eigenvalue weighted by molar-refractivity contribution is 0.413. The van der Waals surface area contributed by atoms with Crippen molar-refractivity contribution in [1.29, 1.82) is 0 Å². The van der Waals surface area contributed by atoms with Gasteiger partial charge in [-0.3, -0.25) is 0 Å². The van der Waals surface area contributed by atoms with Crippen LogP contribution >= 0.6 is 0 Å². The first kappa shape index (κ1) is 12.6. The van der Waals surface area contributed by atoms with Crippen molar-refractivity contribution in [3.63, 3.8) is 0 Å². The van der Waals surface area contributed by atoms with E-state index in [4.69, 9.17) is 10.5 Å². The third kappa shape index (κ3) is 3.01. The third-order valence-electron chi connectivity index (χ3n) is 2.49. The van der Waals surface area contributed by atoms with Crippen LogP contribution in [0.15, 0.2) is 12.1 Å². The van der Waals surface area contributed by atoms with Gasteiger partial charge in [0.1, 0.15) is 5.75 Å². The maximum Gasteiger partial charge on any atom is 0.135 e. The lowest BCUT2D eigenvalue weighted by atomic mass is 10.0. The molecule has 1 rings (SSSR count). The zero-order valence-corrected chi connectivity index (χ0v) is 10.4. The summed E-state index contributed by atoms with van der Waals surface area (Å²) < 4.78 is 5.33. The first-order chi connectivity index (χ1) is 7.58. The largest absolute Gasteiger partial charge is 0.495 e. The Hall–Kier alpha value is -1.46.